The van der Waals surface area contributed by atoms with Gasteiger partial charge >= 0.3 is 0 Å². The summed E-state index contributed by atoms with van der Waals surface area (Å²) in [5.74, 6) is 6.76. The first-order chi connectivity index (χ1) is 17.9. The Morgan fingerprint density at radius 2 is 2.11 bits per heavy atom. The van der Waals surface area contributed by atoms with Crippen LogP contribution < -0.4 is 11.0 Å². The Morgan fingerprint density at radius 1 is 1.30 bits per heavy atom. The molecule has 4 aromatic rings. The molecule has 190 valence electrons. The Bertz CT molecular complexity index is 1400. The van der Waals surface area contributed by atoms with Crippen LogP contribution in [0.15, 0.2) is 57.4 Å². The first-order valence-electron chi connectivity index (χ1n) is 12.1. The van der Waals surface area contributed by atoms with Crippen LogP contribution in [0.4, 0.5) is 5.82 Å². The first kappa shape index (κ1) is 24.7. The van der Waals surface area contributed by atoms with E-state index >= 15 is 0 Å². The smallest absolute Gasteiger partial charge is 0.266 e. The van der Waals surface area contributed by atoms with E-state index in [1.165, 1.54) is 5.56 Å². The van der Waals surface area contributed by atoms with Gasteiger partial charge in [0.2, 0.25) is 5.89 Å². The van der Waals surface area contributed by atoms with Crippen LogP contribution in [0.3, 0.4) is 0 Å². The van der Waals surface area contributed by atoms with Crippen LogP contribution in [0.5, 0.6) is 0 Å². The molecule has 37 heavy (non-hydrogen) atoms. The molecule has 1 amide bonds. The van der Waals surface area contributed by atoms with Crippen LogP contribution in [-0.4, -0.2) is 44.2 Å². The number of rotatable bonds is 8. The highest BCUT2D eigenvalue weighted by Crippen LogP contribution is 2.35. The fourth-order valence-corrected chi connectivity index (χ4v) is 5.43. The predicted octanol–water partition coefficient (Wildman–Crippen LogP) is 4.52. The quantitative estimate of drug-likeness (QED) is 0.206. The number of hydrazine groups is 1. The molecule has 11 heteroatoms. The summed E-state index contributed by atoms with van der Waals surface area (Å²) >= 11 is 1.58. The monoisotopic (exact) mass is 516 g/mol. The van der Waals surface area contributed by atoms with Gasteiger partial charge in [0.1, 0.15) is 10.7 Å². The molecule has 1 saturated heterocycles. The molecule has 0 bridgehead atoms. The number of thiazole rings is 1. The molecule has 0 unspecified atom stereocenters. The van der Waals surface area contributed by atoms with Crippen molar-refractivity contribution in [3.8, 4) is 11.6 Å². The minimum absolute atomic E-state index is 0.000828. The molecule has 0 radical (unpaired) electrons. The summed E-state index contributed by atoms with van der Waals surface area (Å²) in [4.78, 5) is 24.7. The fourth-order valence-electron chi connectivity index (χ4n) is 4.49. The van der Waals surface area contributed by atoms with Gasteiger partial charge in [-0.05, 0) is 43.9 Å². The van der Waals surface area contributed by atoms with Crippen molar-refractivity contribution in [2.24, 2.45) is 10.9 Å². The van der Waals surface area contributed by atoms with Gasteiger partial charge < -0.3 is 9.32 Å². The summed E-state index contributed by atoms with van der Waals surface area (Å²) in [6.07, 6.45) is 2.53. The maximum absolute atomic E-state index is 13.7. The minimum Gasteiger partial charge on any atom is -0.419 e. The van der Waals surface area contributed by atoms with Crippen molar-refractivity contribution in [3.63, 3.8) is 0 Å². The molecule has 2 atom stereocenters. The van der Waals surface area contributed by atoms with Gasteiger partial charge in [-0.2, -0.15) is 10.2 Å². The van der Waals surface area contributed by atoms with Crippen LogP contribution >= 0.6 is 11.3 Å². The number of carbonyl (C=O) groups is 1. The minimum atomic E-state index is -0.144. The lowest BCUT2D eigenvalue weighted by Crippen LogP contribution is -2.31. The molecule has 4 heterocycles. The average Bonchev–Trinajstić information content (AvgIpc) is 3.69. The Morgan fingerprint density at radius 3 is 2.84 bits per heavy atom. The van der Waals surface area contributed by atoms with Crippen molar-refractivity contribution in [1.29, 1.82) is 0 Å². The zero-order valence-corrected chi connectivity index (χ0v) is 21.6. The van der Waals surface area contributed by atoms with Gasteiger partial charge in [-0.25, -0.2) is 15.8 Å². The lowest BCUT2D eigenvalue weighted by Gasteiger charge is -2.24. The van der Waals surface area contributed by atoms with E-state index in [0.717, 1.165) is 35.1 Å². The molecule has 0 spiro atoms. The molecule has 2 N–H and O–H groups in total. The molecule has 5 rings (SSSR count). The van der Waals surface area contributed by atoms with Crippen LogP contribution in [0.2, 0.25) is 0 Å². The van der Waals surface area contributed by atoms with Crippen molar-refractivity contribution in [1.82, 2.24) is 25.1 Å². The Balaban J connectivity index is 1.44. The highest BCUT2D eigenvalue weighted by atomic mass is 32.1. The largest absolute Gasteiger partial charge is 0.419 e. The summed E-state index contributed by atoms with van der Waals surface area (Å²) < 4.78 is 6.00. The zero-order chi connectivity index (χ0) is 25.9. The third kappa shape index (κ3) is 5.27. The van der Waals surface area contributed by atoms with Crippen molar-refractivity contribution in [2.45, 2.75) is 45.1 Å². The van der Waals surface area contributed by atoms with Crippen molar-refractivity contribution >= 4 is 29.8 Å². The highest BCUT2D eigenvalue weighted by molar-refractivity contribution is 7.09. The summed E-state index contributed by atoms with van der Waals surface area (Å²) in [7, 11) is 0. The van der Waals surface area contributed by atoms with Crippen molar-refractivity contribution < 1.29 is 9.21 Å². The number of aryl methyl sites for hydroxylation is 1. The summed E-state index contributed by atoms with van der Waals surface area (Å²) in [6.45, 7) is 8.10. The van der Waals surface area contributed by atoms with Gasteiger partial charge in [-0.15, -0.1) is 21.5 Å². The number of carbonyl (C=O) groups excluding carboxylic acids is 1. The standard InChI is InChI=1S/C26H28N8O2S/c1-16(12-18-8-5-4-6-9-18)23-31-32-24(36-23)20-13-19(14-22(30-20)34(27)28-3)26(35)33-11-7-10-21(33)25-29-17(2)15-37-25/h4-6,8-9,13-16,21H,3,7,10-12,27H2,1-2H3/t16-,21+/m0/s1. The molecule has 1 aromatic carbocycles. The number of nitrogens with two attached hydrogens (primary N) is 1. The van der Waals surface area contributed by atoms with Crippen LogP contribution in [0, 0.1) is 6.92 Å². The highest BCUT2D eigenvalue weighted by Gasteiger charge is 2.33. The average molecular weight is 517 g/mol. The number of aromatic nitrogens is 4. The van der Waals surface area contributed by atoms with E-state index < -0.39 is 0 Å². The molecule has 1 aliphatic heterocycles. The maximum atomic E-state index is 13.7. The number of hydrogen-bond donors (Lipinski definition) is 1. The lowest BCUT2D eigenvalue weighted by atomic mass is 10.0. The van der Waals surface area contributed by atoms with Gasteiger partial charge in [0.25, 0.3) is 11.8 Å². The molecule has 0 aliphatic carbocycles. The second kappa shape index (κ2) is 10.6. The molecule has 0 saturated carbocycles. The normalized spacial score (nSPS) is 16.1. The van der Waals surface area contributed by atoms with Crippen LogP contribution in [-0.2, 0) is 6.42 Å². The predicted molar refractivity (Wildman–Crippen MR) is 142 cm³/mol. The molecular formula is C26H28N8O2S. The van der Waals surface area contributed by atoms with Crippen LogP contribution in [0.1, 0.15) is 64.2 Å². The van der Waals surface area contributed by atoms with E-state index in [4.69, 9.17) is 10.3 Å². The number of amides is 1. The van der Waals surface area contributed by atoms with Gasteiger partial charge in [-0.1, -0.05) is 37.3 Å². The van der Waals surface area contributed by atoms with Gasteiger partial charge in [0, 0.05) is 35.8 Å². The number of hydrogen-bond acceptors (Lipinski definition) is 10. The number of hydrazone groups is 1. The Labute approximate surface area is 218 Å². The lowest BCUT2D eigenvalue weighted by molar-refractivity contribution is 0.0735. The molecule has 3 aromatic heterocycles. The number of nitrogens with zero attached hydrogens (tertiary/aromatic N) is 7. The van der Waals surface area contributed by atoms with E-state index in [1.54, 1.807) is 23.5 Å². The van der Waals surface area contributed by atoms with E-state index in [0.29, 0.717) is 23.7 Å². The summed E-state index contributed by atoms with van der Waals surface area (Å²) in [6, 6.07) is 13.3. The number of pyridine rings is 1. The summed E-state index contributed by atoms with van der Waals surface area (Å²) in [5, 5.41) is 16.2. The van der Waals surface area contributed by atoms with E-state index in [2.05, 4.69) is 44.1 Å². The number of anilines is 1. The fraction of sp³-hybridized carbons (Fsp3) is 0.308. The summed E-state index contributed by atoms with van der Waals surface area (Å²) in [5.41, 5.74) is 2.87. The van der Waals surface area contributed by atoms with Gasteiger partial charge in [-0.3, -0.25) is 4.79 Å². The third-order valence-electron chi connectivity index (χ3n) is 6.35. The molecule has 1 aliphatic rings. The van der Waals surface area contributed by atoms with E-state index in [-0.39, 0.29) is 29.6 Å². The van der Waals surface area contributed by atoms with Crippen LogP contribution in [0.25, 0.3) is 11.6 Å². The molecule has 1 fully saturated rings. The van der Waals surface area contributed by atoms with Crippen molar-refractivity contribution in [3.05, 3.63) is 75.6 Å². The maximum Gasteiger partial charge on any atom is 0.266 e. The second-order valence-electron chi connectivity index (χ2n) is 9.11. The third-order valence-corrected chi connectivity index (χ3v) is 7.41. The SMILES string of the molecule is C=NN(N)c1cc(C(=O)N2CCC[C@@H]2c2nc(C)cs2)cc(-c2nnc([C@@H](C)Cc3ccccc3)o2)n1. The topological polar surface area (TPSA) is 127 Å². The Kier molecular flexibility index (Phi) is 7.06. The van der Waals surface area contributed by atoms with E-state index in [9.17, 15) is 4.79 Å². The number of likely N-dealkylation sites (tertiary alicyclic amines) is 1. The first-order valence-corrected chi connectivity index (χ1v) is 12.9. The Hall–Kier alpha value is -3.96. The van der Waals surface area contributed by atoms with E-state index in [1.807, 2.05) is 42.3 Å². The van der Waals surface area contributed by atoms with Gasteiger partial charge in [0.15, 0.2) is 5.82 Å². The molecule has 10 nitrogen and oxygen atoms in total. The second-order valence-corrected chi connectivity index (χ2v) is 9.99. The van der Waals surface area contributed by atoms with Gasteiger partial charge in [0.05, 0.1) is 6.04 Å². The van der Waals surface area contributed by atoms with Crippen molar-refractivity contribution in [2.75, 3.05) is 11.7 Å². The number of benzene rings is 1. The zero-order valence-electron chi connectivity index (χ0n) is 20.7. The molecular weight excluding hydrogens is 488 g/mol.